The van der Waals surface area contributed by atoms with Crippen LogP contribution in [0.2, 0.25) is 0 Å². The van der Waals surface area contributed by atoms with Crippen molar-refractivity contribution in [3.05, 3.63) is 69.6 Å². The molecule has 7 heteroatoms. The smallest absolute Gasteiger partial charge is 0.340 e. The summed E-state index contributed by atoms with van der Waals surface area (Å²) in [4.78, 5) is 29.3. The third-order valence-electron chi connectivity index (χ3n) is 9.89. The zero-order valence-electron chi connectivity index (χ0n) is 21.8. The molecule has 0 radical (unpaired) electrons. The second-order valence-corrected chi connectivity index (χ2v) is 11.7. The Balaban J connectivity index is 1.47. The molecule has 1 saturated heterocycles. The van der Waals surface area contributed by atoms with Gasteiger partial charge in [-0.2, -0.15) is 0 Å². The molecule has 37 heavy (non-hydrogen) atoms. The maximum absolute atomic E-state index is 13.8. The monoisotopic (exact) mass is 505 g/mol. The number of esters is 1. The quantitative estimate of drug-likeness (QED) is 0.477. The number of aliphatic hydroxyl groups is 2. The minimum atomic E-state index is -0.897. The standard InChI is InChI=1S/C30H35NO6/c1-29-12-10-21-24(20(29)8-9-22(29)32)26(33)27(34)25-19(28(35)37-23(16-36-3)30(21,25)2)15-31-13-11-17-6-4-5-7-18(17)14-31/h4-7,15,20,22-23,32,34H,8-14,16H2,1-3H3/b19-15+/t20?,22-,23+,29-,30-/m0/s1. The van der Waals surface area contributed by atoms with Gasteiger partial charge in [-0.25, -0.2) is 4.79 Å². The van der Waals surface area contributed by atoms with Gasteiger partial charge >= 0.3 is 5.97 Å². The van der Waals surface area contributed by atoms with Gasteiger partial charge in [0.1, 0.15) is 6.10 Å². The van der Waals surface area contributed by atoms with Crippen LogP contribution in [0.5, 0.6) is 0 Å². The van der Waals surface area contributed by atoms with E-state index in [1.165, 1.54) is 11.1 Å². The average Bonchev–Trinajstić information content (AvgIpc) is 3.19. The highest BCUT2D eigenvalue weighted by Gasteiger charge is 2.61. The van der Waals surface area contributed by atoms with E-state index in [0.29, 0.717) is 37.0 Å². The molecule has 0 bridgehead atoms. The molecule has 1 saturated carbocycles. The highest BCUT2D eigenvalue weighted by molar-refractivity contribution is 6.12. The van der Waals surface area contributed by atoms with Crippen molar-refractivity contribution < 1.29 is 29.3 Å². The number of benzene rings is 1. The second-order valence-electron chi connectivity index (χ2n) is 11.7. The maximum atomic E-state index is 13.8. The molecule has 2 aliphatic heterocycles. The van der Waals surface area contributed by atoms with E-state index in [9.17, 15) is 19.8 Å². The van der Waals surface area contributed by atoms with Crippen LogP contribution in [0.3, 0.4) is 0 Å². The van der Waals surface area contributed by atoms with Crippen LogP contribution in [0.25, 0.3) is 0 Å². The van der Waals surface area contributed by atoms with E-state index in [-0.39, 0.29) is 23.9 Å². The molecule has 0 aromatic heterocycles. The van der Waals surface area contributed by atoms with Crippen LogP contribution in [-0.4, -0.2) is 59.3 Å². The fraction of sp³-hybridized carbons (Fsp3) is 0.533. The Labute approximate surface area is 217 Å². The molecule has 1 aromatic carbocycles. The second kappa shape index (κ2) is 8.57. The lowest BCUT2D eigenvalue weighted by Gasteiger charge is -2.52. The number of hydrogen-bond acceptors (Lipinski definition) is 7. The number of carbonyl (C=O) groups is 2. The summed E-state index contributed by atoms with van der Waals surface area (Å²) >= 11 is 0. The molecule has 1 unspecified atom stereocenters. The number of Topliss-reactive ketones (excluding diaryl/α,β-unsaturated/α-hetero) is 1. The van der Waals surface area contributed by atoms with Crippen molar-refractivity contribution in [2.24, 2.45) is 16.7 Å². The summed E-state index contributed by atoms with van der Waals surface area (Å²) in [5.74, 6) is -1.46. The molecule has 7 nitrogen and oxygen atoms in total. The largest absolute Gasteiger partial charge is 0.504 e. The number of ketones is 1. The average molecular weight is 506 g/mol. The van der Waals surface area contributed by atoms with Gasteiger partial charge in [-0.1, -0.05) is 31.2 Å². The number of rotatable bonds is 3. The fourth-order valence-corrected chi connectivity index (χ4v) is 7.70. The first-order valence-corrected chi connectivity index (χ1v) is 13.3. The lowest BCUT2D eigenvalue weighted by molar-refractivity contribution is -0.156. The number of ether oxygens (including phenoxy) is 2. The third-order valence-corrected chi connectivity index (χ3v) is 9.89. The Morgan fingerprint density at radius 2 is 1.92 bits per heavy atom. The zero-order chi connectivity index (χ0) is 26.1. The van der Waals surface area contributed by atoms with E-state index >= 15 is 0 Å². The number of hydrogen-bond donors (Lipinski definition) is 2. The van der Waals surface area contributed by atoms with E-state index in [1.807, 2.05) is 19.1 Å². The van der Waals surface area contributed by atoms with E-state index in [1.54, 1.807) is 13.3 Å². The molecule has 6 rings (SSSR count). The molecule has 0 amide bonds. The van der Waals surface area contributed by atoms with Crippen molar-refractivity contribution >= 4 is 11.8 Å². The molecule has 0 spiro atoms. The first-order valence-electron chi connectivity index (χ1n) is 13.3. The molecule has 5 atom stereocenters. The summed E-state index contributed by atoms with van der Waals surface area (Å²) in [6.07, 6.45) is 4.15. The topological polar surface area (TPSA) is 96.3 Å². The first-order chi connectivity index (χ1) is 17.7. The van der Waals surface area contributed by atoms with Crippen molar-refractivity contribution in [1.82, 2.24) is 4.90 Å². The van der Waals surface area contributed by atoms with Crippen molar-refractivity contribution in [1.29, 1.82) is 0 Å². The van der Waals surface area contributed by atoms with Crippen molar-refractivity contribution in [3.63, 3.8) is 0 Å². The van der Waals surface area contributed by atoms with Gasteiger partial charge in [-0.15, -0.1) is 0 Å². The Morgan fingerprint density at radius 1 is 1.16 bits per heavy atom. The van der Waals surface area contributed by atoms with Gasteiger partial charge in [-0.3, -0.25) is 4.79 Å². The Bertz CT molecular complexity index is 1280. The number of methoxy groups -OCH3 is 1. The molecule has 196 valence electrons. The molecule has 1 aromatic rings. The summed E-state index contributed by atoms with van der Waals surface area (Å²) in [5.41, 5.74) is 3.33. The minimum Gasteiger partial charge on any atom is -0.504 e. The number of aliphatic hydroxyl groups excluding tert-OH is 2. The zero-order valence-corrected chi connectivity index (χ0v) is 21.8. The highest BCUT2D eigenvalue weighted by Crippen LogP contribution is 2.62. The van der Waals surface area contributed by atoms with E-state index in [2.05, 4.69) is 24.0 Å². The summed E-state index contributed by atoms with van der Waals surface area (Å²) in [7, 11) is 1.56. The van der Waals surface area contributed by atoms with Crippen molar-refractivity contribution in [2.45, 2.75) is 64.7 Å². The van der Waals surface area contributed by atoms with Crippen LogP contribution < -0.4 is 0 Å². The lowest BCUT2D eigenvalue weighted by Crippen LogP contribution is -2.53. The van der Waals surface area contributed by atoms with Crippen molar-refractivity contribution in [2.75, 3.05) is 20.3 Å². The van der Waals surface area contributed by atoms with Gasteiger partial charge < -0.3 is 24.6 Å². The normalized spacial score (nSPS) is 36.3. The number of carbonyl (C=O) groups excluding carboxylic acids is 2. The predicted octanol–water partition coefficient (Wildman–Crippen LogP) is 3.77. The van der Waals surface area contributed by atoms with E-state index < -0.39 is 34.8 Å². The van der Waals surface area contributed by atoms with Gasteiger partial charge in [0, 0.05) is 43.0 Å². The summed E-state index contributed by atoms with van der Waals surface area (Å²) < 4.78 is 11.5. The lowest BCUT2D eigenvalue weighted by atomic mass is 9.54. The van der Waals surface area contributed by atoms with Crippen LogP contribution in [0, 0.1) is 16.7 Å². The first kappa shape index (κ1) is 24.4. The van der Waals surface area contributed by atoms with Crippen LogP contribution >= 0.6 is 0 Å². The Kier molecular flexibility index (Phi) is 5.66. The van der Waals surface area contributed by atoms with Crippen LogP contribution in [0.4, 0.5) is 0 Å². The van der Waals surface area contributed by atoms with E-state index in [4.69, 9.17) is 9.47 Å². The highest BCUT2D eigenvalue weighted by atomic mass is 16.6. The molecule has 2 heterocycles. The van der Waals surface area contributed by atoms with Crippen LogP contribution in [0.15, 0.2) is 58.5 Å². The predicted molar refractivity (Wildman–Crippen MR) is 136 cm³/mol. The summed E-state index contributed by atoms with van der Waals surface area (Å²) in [6, 6.07) is 8.26. The van der Waals surface area contributed by atoms with Crippen molar-refractivity contribution in [3.8, 4) is 0 Å². The van der Waals surface area contributed by atoms with Gasteiger partial charge in [0.05, 0.1) is 23.7 Å². The third kappa shape index (κ3) is 3.40. The van der Waals surface area contributed by atoms with Gasteiger partial charge in [0.25, 0.3) is 0 Å². The molecular formula is C30H35NO6. The van der Waals surface area contributed by atoms with Gasteiger partial charge in [0.15, 0.2) is 5.76 Å². The Hall–Kier alpha value is -2.90. The summed E-state index contributed by atoms with van der Waals surface area (Å²) in [6.45, 7) is 5.54. The SMILES string of the molecule is COC[C@H]1OC(=O)/C(=C/N2CCc3ccccc3C2)C2=C(O)C(=O)C3=C(CC[C@@]4(C)C3CC[C@@H]4O)[C@]21C. The number of cyclic esters (lactones) is 1. The van der Waals surface area contributed by atoms with E-state index in [0.717, 1.165) is 25.0 Å². The Morgan fingerprint density at radius 3 is 2.68 bits per heavy atom. The minimum absolute atomic E-state index is 0.133. The maximum Gasteiger partial charge on any atom is 0.340 e. The number of fused-ring (bicyclic) bond motifs is 5. The summed E-state index contributed by atoms with van der Waals surface area (Å²) in [5, 5.41) is 22.3. The van der Waals surface area contributed by atoms with Crippen LogP contribution in [0.1, 0.15) is 50.7 Å². The number of nitrogens with zero attached hydrogens (tertiary/aromatic N) is 1. The molecule has 2 fully saturated rings. The molecule has 5 aliphatic rings. The van der Waals surface area contributed by atoms with Gasteiger partial charge in [-0.05, 0) is 61.6 Å². The van der Waals surface area contributed by atoms with Crippen LogP contribution in [-0.2, 0) is 32.0 Å². The molecule has 2 N–H and O–H groups in total. The number of allylic oxidation sites excluding steroid dienone is 1. The molecule has 3 aliphatic carbocycles. The van der Waals surface area contributed by atoms with Gasteiger partial charge in [0.2, 0.25) is 5.78 Å². The molecular weight excluding hydrogens is 470 g/mol. The fourth-order valence-electron chi connectivity index (χ4n) is 7.70.